The number of amides is 1. The van der Waals surface area contributed by atoms with Gasteiger partial charge in [-0.15, -0.1) is 0 Å². The third-order valence-electron chi connectivity index (χ3n) is 5.09. The van der Waals surface area contributed by atoms with Crippen molar-refractivity contribution >= 4 is 11.7 Å². The second kappa shape index (κ2) is 10.9. The molecule has 158 valence electrons. The minimum Gasteiger partial charge on any atom is -0.342 e. The monoisotopic (exact) mass is 414 g/mol. The highest BCUT2D eigenvalue weighted by Gasteiger charge is 2.19. The molecule has 3 aromatic rings. The van der Waals surface area contributed by atoms with Crippen molar-refractivity contribution in [1.29, 1.82) is 5.26 Å². The Hall–Kier alpha value is -3.72. The first-order valence-electron chi connectivity index (χ1n) is 10.5. The third kappa shape index (κ3) is 6.38. The molecule has 0 bridgehead atoms. The minimum absolute atomic E-state index is 0.195. The van der Waals surface area contributed by atoms with Crippen molar-refractivity contribution in [2.45, 2.75) is 45.1 Å². The van der Waals surface area contributed by atoms with Crippen LogP contribution in [-0.2, 0) is 4.79 Å². The van der Waals surface area contributed by atoms with Crippen molar-refractivity contribution < 1.29 is 9.59 Å². The lowest BCUT2D eigenvalue weighted by Crippen LogP contribution is -2.29. The summed E-state index contributed by atoms with van der Waals surface area (Å²) in [6.45, 7) is 1.60. The minimum atomic E-state index is -0.298. The highest BCUT2D eigenvalue weighted by Crippen LogP contribution is 2.23. The smallest absolute Gasteiger partial charge is 0.251 e. The van der Waals surface area contributed by atoms with Crippen molar-refractivity contribution in [1.82, 2.24) is 15.3 Å². The SMILES string of the molecule is CC(=O)CCCCC[C@H](NC(=O)c1cccc(C#N)c1)c1ncc(-c2ccccc2)[nH]1. The Morgan fingerprint density at radius 3 is 2.65 bits per heavy atom. The summed E-state index contributed by atoms with van der Waals surface area (Å²) in [6, 6.07) is 18.3. The lowest BCUT2D eigenvalue weighted by Gasteiger charge is -2.17. The number of nitrogens with zero attached hydrogens (tertiary/aromatic N) is 2. The number of aromatic amines is 1. The number of carbonyl (C=O) groups is 2. The van der Waals surface area contributed by atoms with Crippen LogP contribution < -0.4 is 5.32 Å². The molecule has 0 aliphatic carbocycles. The predicted molar refractivity (Wildman–Crippen MR) is 119 cm³/mol. The molecule has 0 saturated heterocycles. The Morgan fingerprint density at radius 2 is 1.90 bits per heavy atom. The molecule has 1 atom stereocenters. The molecule has 1 aromatic heterocycles. The zero-order valence-corrected chi connectivity index (χ0v) is 17.6. The summed E-state index contributed by atoms with van der Waals surface area (Å²) in [4.78, 5) is 31.9. The fourth-order valence-electron chi connectivity index (χ4n) is 3.43. The number of nitriles is 1. The van der Waals surface area contributed by atoms with E-state index in [9.17, 15) is 9.59 Å². The van der Waals surface area contributed by atoms with Crippen LogP contribution in [0.3, 0.4) is 0 Å². The fraction of sp³-hybridized carbons (Fsp3) is 0.280. The Morgan fingerprint density at radius 1 is 1.10 bits per heavy atom. The van der Waals surface area contributed by atoms with E-state index in [-0.39, 0.29) is 17.7 Å². The van der Waals surface area contributed by atoms with Crippen molar-refractivity contribution in [2.24, 2.45) is 0 Å². The van der Waals surface area contributed by atoms with Gasteiger partial charge in [0.2, 0.25) is 0 Å². The van der Waals surface area contributed by atoms with E-state index >= 15 is 0 Å². The maximum absolute atomic E-state index is 12.8. The molecule has 31 heavy (non-hydrogen) atoms. The maximum atomic E-state index is 12.8. The van der Waals surface area contributed by atoms with Crippen LogP contribution >= 0.6 is 0 Å². The van der Waals surface area contributed by atoms with Crippen LogP contribution in [0.4, 0.5) is 0 Å². The molecule has 0 aliphatic rings. The van der Waals surface area contributed by atoms with Gasteiger partial charge in [0.15, 0.2) is 0 Å². The molecule has 0 saturated carbocycles. The van der Waals surface area contributed by atoms with Gasteiger partial charge < -0.3 is 15.1 Å². The highest BCUT2D eigenvalue weighted by molar-refractivity contribution is 5.94. The first kappa shape index (κ1) is 22.0. The van der Waals surface area contributed by atoms with Gasteiger partial charge in [0.25, 0.3) is 5.91 Å². The zero-order chi connectivity index (χ0) is 22.1. The number of unbranched alkanes of at least 4 members (excludes halogenated alkanes) is 2. The van der Waals surface area contributed by atoms with Crippen LogP contribution in [0, 0.1) is 11.3 Å². The van der Waals surface area contributed by atoms with Gasteiger partial charge in [-0.05, 0) is 43.5 Å². The first-order valence-corrected chi connectivity index (χ1v) is 10.5. The standard InChI is InChI=1S/C25H26N4O2/c1-18(30)9-4-2-7-14-22(29-25(31)21-13-8-10-19(15-21)16-26)24-27-17-23(28-24)20-11-5-3-6-12-20/h3,5-6,8,10-13,15,17,22H,2,4,7,9,14H2,1H3,(H,27,28)(H,29,31)/t22-/m0/s1. The molecular weight excluding hydrogens is 388 g/mol. The topological polar surface area (TPSA) is 98.6 Å². The number of Topliss-reactive ketones (excluding diaryl/α,β-unsaturated/α-hetero) is 1. The second-order valence-electron chi connectivity index (χ2n) is 7.57. The van der Waals surface area contributed by atoms with Crippen LogP contribution in [0.5, 0.6) is 0 Å². The molecule has 0 fully saturated rings. The number of carbonyl (C=O) groups excluding carboxylic acids is 2. The first-order chi connectivity index (χ1) is 15.1. The summed E-state index contributed by atoms with van der Waals surface area (Å²) in [7, 11) is 0. The number of hydrogen-bond donors (Lipinski definition) is 2. The predicted octanol–water partition coefficient (Wildman–Crippen LogP) is 4.96. The lowest BCUT2D eigenvalue weighted by atomic mass is 10.0. The van der Waals surface area contributed by atoms with Crippen molar-refractivity contribution in [2.75, 3.05) is 0 Å². The molecule has 0 spiro atoms. The number of imidazole rings is 1. The van der Waals surface area contributed by atoms with E-state index in [1.165, 1.54) is 0 Å². The van der Waals surface area contributed by atoms with Gasteiger partial charge in [-0.25, -0.2) is 4.98 Å². The molecule has 6 heteroatoms. The summed E-state index contributed by atoms with van der Waals surface area (Å²) >= 11 is 0. The summed E-state index contributed by atoms with van der Waals surface area (Å²) in [6.07, 6.45) is 5.66. The van der Waals surface area contributed by atoms with Gasteiger partial charge in [-0.3, -0.25) is 4.79 Å². The number of rotatable bonds is 10. The van der Waals surface area contributed by atoms with Gasteiger partial charge in [0.1, 0.15) is 11.6 Å². The molecule has 0 aliphatic heterocycles. The zero-order valence-electron chi connectivity index (χ0n) is 17.6. The van der Waals surface area contributed by atoms with Crippen molar-refractivity contribution in [3.05, 3.63) is 77.7 Å². The summed E-state index contributed by atoms with van der Waals surface area (Å²) in [5.41, 5.74) is 2.79. The fourth-order valence-corrected chi connectivity index (χ4v) is 3.43. The van der Waals surface area contributed by atoms with Crippen LogP contribution in [-0.4, -0.2) is 21.7 Å². The molecule has 2 N–H and O–H groups in total. The molecule has 0 radical (unpaired) electrons. The summed E-state index contributed by atoms with van der Waals surface area (Å²) < 4.78 is 0. The average Bonchev–Trinajstić information content (AvgIpc) is 3.28. The Labute approximate surface area is 182 Å². The lowest BCUT2D eigenvalue weighted by molar-refractivity contribution is -0.117. The Kier molecular flexibility index (Phi) is 7.72. The van der Waals surface area contributed by atoms with Crippen molar-refractivity contribution in [3.8, 4) is 17.3 Å². The molecule has 0 unspecified atom stereocenters. The van der Waals surface area contributed by atoms with Gasteiger partial charge >= 0.3 is 0 Å². The normalized spacial score (nSPS) is 11.5. The number of ketones is 1. The number of aromatic nitrogens is 2. The van der Waals surface area contributed by atoms with Gasteiger partial charge in [-0.2, -0.15) is 5.26 Å². The Balaban J connectivity index is 1.74. The summed E-state index contributed by atoms with van der Waals surface area (Å²) in [5, 5.41) is 12.2. The number of hydrogen-bond acceptors (Lipinski definition) is 4. The van der Waals surface area contributed by atoms with E-state index in [2.05, 4.69) is 21.4 Å². The molecule has 2 aromatic carbocycles. The highest BCUT2D eigenvalue weighted by atomic mass is 16.1. The maximum Gasteiger partial charge on any atom is 0.251 e. The molecule has 1 amide bonds. The molecule has 3 rings (SSSR count). The second-order valence-corrected chi connectivity index (χ2v) is 7.57. The van der Waals surface area contributed by atoms with Crippen LogP contribution in [0.25, 0.3) is 11.3 Å². The average molecular weight is 415 g/mol. The van der Waals surface area contributed by atoms with Gasteiger partial charge in [0, 0.05) is 12.0 Å². The number of nitrogens with one attached hydrogen (secondary N) is 2. The largest absolute Gasteiger partial charge is 0.342 e. The van der Waals surface area contributed by atoms with Gasteiger partial charge in [0.05, 0.1) is 29.6 Å². The van der Waals surface area contributed by atoms with Crippen molar-refractivity contribution in [3.63, 3.8) is 0 Å². The van der Waals surface area contributed by atoms with E-state index in [1.807, 2.05) is 30.3 Å². The number of benzene rings is 2. The van der Waals surface area contributed by atoms with E-state index in [0.717, 1.165) is 30.5 Å². The van der Waals surface area contributed by atoms with E-state index < -0.39 is 0 Å². The quantitative estimate of drug-likeness (QED) is 0.458. The van der Waals surface area contributed by atoms with Crippen LogP contribution in [0.1, 0.15) is 66.8 Å². The van der Waals surface area contributed by atoms with E-state index in [4.69, 9.17) is 5.26 Å². The third-order valence-corrected chi connectivity index (χ3v) is 5.09. The van der Waals surface area contributed by atoms with Gasteiger partial charge in [-0.1, -0.05) is 49.2 Å². The molecule has 1 heterocycles. The summed E-state index contributed by atoms with van der Waals surface area (Å²) in [5.74, 6) is 0.638. The van der Waals surface area contributed by atoms with E-state index in [0.29, 0.717) is 29.8 Å². The molecule has 6 nitrogen and oxygen atoms in total. The van der Waals surface area contributed by atoms with Crippen LogP contribution in [0.2, 0.25) is 0 Å². The van der Waals surface area contributed by atoms with E-state index in [1.54, 1.807) is 37.4 Å². The van der Waals surface area contributed by atoms with Crippen LogP contribution in [0.15, 0.2) is 60.8 Å². The number of H-pyrrole nitrogens is 1. The molecular formula is C25H26N4O2. The Bertz CT molecular complexity index is 1070.